The van der Waals surface area contributed by atoms with Crippen LogP contribution in [0.4, 0.5) is 0 Å². The van der Waals surface area contributed by atoms with Crippen molar-refractivity contribution in [1.29, 1.82) is 0 Å². The lowest BCUT2D eigenvalue weighted by Gasteiger charge is -2.58. The maximum atomic E-state index is 13.6. The van der Waals surface area contributed by atoms with Gasteiger partial charge in [0.1, 0.15) is 11.3 Å². The van der Waals surface area contributed by atoms with Gasteiger partial charge in [-0.25, -0.2) is 0 Å². The Morgan fingerprint density at radius 1 is 1.00 bits per heavy atom. The molecule has 0 aromatic carbocycles. The first-order valence-corrected chi connectivity index (χ1v) is 11.1. The minimum atomic E-state index is -0.693. The highest BCUT2D eigenvalue weighted by molar-refractivity contribution is 5.87. The Balaban J connectivity index is 2.38. The highest BCUT2D eigenvalue weighted by atomic mass is 16.6. The Kier molecular flexibility index (Phi) is 6.44. The molecule has 2 aliphatic heterocycles. The van der Waals surface area contributed by atoms with Crippen LogP contribution in [-0.2, 0) is 9.53 Å². The fourth-order valence-electron chi connectivity index (χ4n) is 5.63. The number of amides is 1. The maximum absolute atomic E-state index is 13.6. The van der Waals surface area contributed by atoms with E-state index >= 15 is 0 Å². The van der Waals surface area contributed by atoms with Crippen LogP contribution in [0, 0.1) is 5.92 Å². The minimum Gasteiger partial charge on any atom is -0.339 e. The predicted molar refractivity (Wildman–Crippen MR) is 113 cm³/mol. The Bertz CT molecular complexity index is 522. The lowest BCUT2D eigenvalue weighted by molar-refractivity contribution is -0.213. The van der Waals surface area contributed by atoms with Crippen molar-refractivity contribution < 1.29 is 9.53 Å². The molecule has 4 heteroatoms. The standard InChI is InChI=1S/C23H44N2O2/c1-10-11-12-13-14-25-19(26)22(8,15-18(2)3)27-23(25)16-20(4,5)24(9)21(6,7)17-23/h18H,10-17H2,1-9H3. The van der Waals surface area contributed by atoms with Gasteiger partial charge < -0.3 is 9.64 Å². The van der Waals surface area contributed by atoms with Gasteiger partial charge >= 0.3 is 0 Å². The van der Waals surface area contributed by atoms with Crippen LogP contribution < -0.4 is 0 Å². The van der Waals surface area contributed by atoms with Crippen LogP contribution in [0.15, 0.2) is 0 Å². The molecule has 1 atom stereocenters. The van der Waals surface area contributed by atoms with E-state index < -0.39 is 11.3 Å². The molecule has 0 aliphatic carbocycles. The number of likely N-dealkylation sites (tertiary alicyclic amines) is 1. The summed E-state index contributed by atoms with van der Waals surface area (Å²) in [7, 11) is 2.21. The number of unbranched alkanes of at least 4 members (excludes halogenated alkanes) is 3. The van der Waals surface area contributed by atoms with Crippen LogP contribution in [0.25, 0.3) is 0 Å². The van der Waals surface area contributed by atoms with Crippen molar-refractivity contribution in [3.05, 3.63) is 0 Å². The van der Waals surface area contributed by atoms with Crippen LogP contribution in [0.5, 0.6) is 0 Å². The second-order valence-electron chi connectivity index (χ2n) is 10.9. The first-order chi connectivity index (χ1) is 12.3. The molecule has 2 saturated heterocycles. The zero-order chi connectivity index (χ0) is 20.7. The summed E-state index contributed by atoms with van der Waals surface area (Å²) in [5.41, 5.74) is -1.22. The Labute approximate surface area is 168 Å². The number of hydrogen-bond donors (Lipinski definition) is 0. The molecule has 0 aromatic rings. The van der Waals surface area contributed by atoms with Crippen molar-refractivity contribution in [2.45, 2.75) is 123 Å². The number of piperidine rings is 1. The zero-order valence-corrected chi connectivity index (χ0v) is 19.4. The van der Waals surface area contributed by atoms with Gasteiger partial charge in [0.2, 0.25) is 0 Å². The van der Waals surface area contributed by atoms with Crippen LogP contribution in [-0.4, -0.2) is 51.7 Å². The van der Waals surface area contributed by atoms with E-state index in [1.54, 1.807) is 0 Å². The van der Waals surface area contributed by atoms with Crippen LogP contribution in [0.2, 0.25) is 0 Å². The number of hydrogen-bond acceptors (Lipinski definition) is 3. The van der Waals surface area contributed by atoms with E-state index in [1.165, 1.54) is 19.3 Å². The molecule has 27 heavy (non-hydrogen) atoms. The van der Waals surface area contributed by atoms with Gasteiger partial charge in [0.05, 0.1) is 0 Å². The summed E-state index contributed by atoms with van der Waals surface area (Å²) in [5, 5.41) is 0. The van der Waals surface area contributed by atoms with E-state index in [2.05, 4.69) is 65.3 Å². The van der Waals surface area contributed by atoms with E-state index in [4.69, 9.17) is 4.74 Å². The predicted octanol–water partition coefficient (Wildman–Crippen LogP) is 5.21. The zero-order valence-electron chi connectivity index (χ0n) is 19.4. The SMILES string of the molecule is CCCCCCN1C(=O)C(C)(CC(C)C)OC12CC(C)(C)N(C)C(C)(C)C2. The Morgan fingerprint density at radius 3 is 2.04 bits per heavy atom. The minimum absolute atomic E-state index is 0.0211. The molecule has 1 spiro atoms. The summed E-state index contributed by atoms with van der Waals surface area (Å²) in [6.07, 6.45) is 7.23. The summed E-state index contributed by atoms with van der Waals surface area (Å²) in [6, 6.07) is 0. The fraction of sp³-hybridized carbons (Fsp3) is 0.957. The fourth-order valence-corrected chi connectivity index (χ4v) is 5.63. The summed E-state index contributed by atoms with van der Waals surface area (Å²) < 4.78 is 6.84. The summed E-state index contributed by atoms with van der Waals surface area (Å²) in [6.45, 7) is 18.6. The van der Waals surface area contributed by atoms with Gasteiger partial charge in [-0.1, -0.05) is 40.0 Å². The van der Waals surface area contributed by atoms with Gasteiger partial charge in [0.25, 0.3) is 5.91 Å². The molecule has 0 aromatic heterocycles. The average molecular weight is 381 g/mol. The molecule has 2 fully saturated rings. The molecule has 0 N–H and O–H groups in total. The van der Waals surface area contributed by atoms with Gasteiger partial charge in [-0.05, 0) is 60.4 Å². The molecule has 2 aliphatic rings. The highest BCUT2D eigenvalue weighted by Gasteiger charge is 2.63. The lowest BCUT2D eigenvalue weighted by atomic mass is 9.74. The van der Waals surface area contributed by atoms with Crippen LogP contribution in [0.1, 0.15) is 100 Å². The van der Waals surface area contributed by atoms with Crippen molar-refractivity contribution in [3.8, 4) is 0 Å². The molecular weight excluding hydrogens is 336 g/mol. The van der Waals surface area contributed by atoms with Crippen LogP contribution in [0.3, 0.4) is 0 Å². The summed E-state index contributed by atoms with van der Waals surface area (Å²) >= 11 is 0. The third-order valence-corrected chi connectivity index (χ3v) is 6.87. The number of carbonyl (C=O) groups is 1. The number of nitrogens with zero attached hydrogens (tertiary/aromatic N) is 2. The quantitative estimate of drug-likeness (QED) is 0.568. The van der Waals surface area contributed by atoms with Crippen molar-refractivity contribution in [2.75, 3.05) is 13.6 Å². The number of carbonyl (C=O) groups excluding carboxylic acids is 1. The molecule has 1 amide bonds. The first kappa shape index (κ1) is 22.7. The second-order valence-corrected chi connectivity index (χ2v) is 10.9. The molecule has 158 valence electrons. The lowest BCUT2D eigenvalue weighted by Crippen LogP contribution is -2.67. The molecule has 1 unspecified atom stereocenters. The molecule has 2 rings (SSSR count). The summed E-state index contributed by atoms with van der Waals surface area (Å²) in [5.74, 6) is 0.646. The van der Waals surface area contributed by atoms with E-state index in [9.17, 15) is 4.79 Å². The maximum Gasteiger partial charge on any atom is 0.256 e. The molecular formula is C23H44N2O2. The molecule has 0 radical (unpaired) electrons. The van der Waals surface area contributed by atoms with Crippen molar-refractivity contribution >= 4 is 5.91 Å². The van der Waals surface area contributed by atoms with Crippen molar-refractivity contribution in [3.63, 3.8) is 0 Å². The van der Waals surface area contributed by atoms with Crippen molar-refractivity contribution in [2.24, 2.45) is 5.92 Å². The van der Waals surface area contributed by atoms with E-state index in [0.29, 0.717) is 5.92 Å². The third-order valence-electron chi connectivity index (χ3n) is 6.87. The van der Waals surface area contributed by atoms with E-state index in [0.717, 1.165) is 32.2 Å². The van der Waals surface area contributed by atoms with E-state index in [1.807, 2.05) is 6.92 Å². The topological polar surface area (TPSA) is 32.8 Å². The number of rotatable bonds is 7. The Hall–Kier alpha value is -0.610. The molecule has 4 nitrogen and oxygen atoms in total. The summed E-state index contributed by atoms with van der Waals surface area (Å²) in [4.78, 5) is 18.2. The molecule has 0 saturated carbocycles. The normalized spacial score (nSPS) is 29.9. The first-order valence-electron chi connectivity index (χ1n) is 11.1. The number of ether oxygens (including phenoxy) is 1. The van der Waals surface area contributed by atoms with Gasteiger partial charge in [0, 0.05) is 30.5 Å². The monoisotopic (exact) mass is 380 g/mol. The average Bonchev–Trinajstić information content (AvgIpc) is 2.67. The smallest absolute Gasteiger partial charge is 0.256 e. The largest absolute Gasteiger partial charge is 0.339 e. The highest BCUT2D eigenvalue weighted by Crippen LogP contribution is 2.52. The van der Waals surface area contributed by atoms with E-state index in [-0.39, 0.29) is 17.0 Å². The third kappa shape index (κ3) is 4.37. The van der Waals surface area contributed by atoms with Gasteiger partial charge in [-0.2, -0.15) is 0 Å². The van der Waals surface area contributed by atoms with Gasteiger partial charge in [-0.15, -0.1) is 0 Å². The van der Waals surface area contributed by atoms with Crippen LogP contribution >= 0.6 is 0 Å². The molecule has 0 bridgehead atoms. The second kappa shape index (κ2) is 7.67. The van der Waals surface area contributed by atoms with Crippen molar-refractivity contribution in [1.82, 2.24) is 9.80 Å². The Morgan fingerprint density at radius 2 is 1.56 bits per heavy atom. The van der Waals surface area contributed by atoms with Gasteiger partial charge in [-0.3, -0.25) is 9.69 Å². The van der Waals surface area contributed by atoms with Gasteiger partial charge in [0.15, 0.2) is 0 Å². The molecule has 2 heterocycles.